The molecule has 2 aromatic rings. The Balaban J connectivity index is 2.58. The van der Waals surface area contributed by atoms with Crippen LogP contribution in [0.5, 0.6) is 0 Å². The SMILES string of the molecule is OC(c1cnccc1C(F)(F)F)c1c(Cl)cccc1Cl. The monoisotopic (exact) mass is 321 g/mol. The van der Waals surface area contributed by atoms with E-state index in [1.165, 1.54) is 18.2 Å². The van der Waals surface area contributed by atoms with Crippen molar-refractivity contribution in [2.24, 2.45) is 0 Å². The fourth-order valence-electron chi connectivity index (χ4n) is 1.81. The second-order valence-corrected chi connectivity index (χ2v) is 4.81. The fraction of sp³-hybridized carbons (Fsp3) is 0.154. The van der Waals surface area contributed by atoms with Crippen LogP contribution >= 0.6 is 23.2 Å². The van der Waals surface area contributed by atoms with Gasteiger partial charge in [0.2, 0.25) is 0 Å². The molecule has 0 fully saturated rings. The van der Waals surface area contributed by atoms with E-state index < -0.39 is 23.4 Å². The molecule has 2 rings (SSSR count). The normalized spacial score (nSPS) is 13.3. The van der Waals surface area contributed by atoms with Crippen molar-refractivity contribution in [2.45, 2.75) is 12.3 Å². The lowest BCUT2D eigenvalue weighted by molar-refractivity contribution is -0.139. The highest BCUT2D eigenvalue weighted by atomic mass is 35.5. The molecule has 0 spiro atoms. The van der Waals surface area contributed by atoms with Crippen LogP contribution in [0.1, 0.15) is 22.8 Å². The van der Waals surface area contributed by atoms with Crippen molar-refractivity contribution in [3.8, 4) is 0 Å². The predicted octanol–water partition coefficient (Wildman–Crippen LogP) is 4.49. The summed E-state index contributed by atoms with van der Waals surface area (Å²) >= 11 is 11.8. The summed E-state index contributed by atoms with van der Waals surface area (Å²) < 4.78 is 38.8. The number of aromatic nitrogens is 1. The molecule has 20 heavy (non-hydrogen) atoms. The van der Waals surface area contributed by atoms with Crippen molar-refractivity contribution in [3.63, 3.8) is 0 Å². The Labute approximate surface area is 122 Å². The summed E-state index contributed by atoms with van der Waals surface area (Å²) in [5, 5.41) is 10.4. The Bertz CT molecular complexity index is 611. The van der Waals surface area contributed by atoms with E-state index in [0.717, 1.165) is 18.5 Å². The second kappa shape index (κ2) is 5.60. The third-order valence-corrected chi connectivity index (χ3v) is 3.38. The van der Waals surface area contributed by atoms with Gasteiger partial charge >= 0.3 is 6.18 Å². The number of benzene rings is 1. The average Bonchev–Trinajstić information content (AvgIpc) is 2.37. The van der Waals surface area contributed by atoms with Crippen LogP contribution in [0.2, 0.25) is 10.0 Å². The number of hydrogen-bond donors (Lipinski definition) is 1. The van der Waals surface area contributed by atoms with Crippen molar-refractivity contribution in [1.82, 2.24) is 4.98 Å². The van der Waals surface area contributed by atoms with E-state index in [2.05, 4.69) is 4.98 Å². The van der Waals surface area contributed by atoms with Crippen LogP contribution < -0.4 is 0 Å². The van der Waals surface area contributed by atoms with E-state index in [1.54, 1.807) is 0 Å². The predicted molar refractivity (Wildman–Crippen MR) is 69.8 cm³/mol. The quantitative estimate of drug-likeness (QED) is 0.884. The number of alkyl halides is 3. The van der Waals surface area contributed by atoms with Crippen molar-refractivity contribution < 1.29 is 18.3 Å². The van der Waals surface area contributed by atoms with Crippen LogP contribution in [0.25, 0.3) is 0 Å². The van der Waals surface area contributed by atoms with Gasteiger partial charge in [0, 0.05) is 33.6 Å². The topological polar surface area (TPSA) is 33.1 Å². The van der Waals surface area contributed by atoms with Gasteiger partial charge in [-0.05, 0) is 18.2 Å². The Kier molecular flexibility index (Phi) is 4.22. The van der Waals surface area contributed by atoms with Gasteiger partial charge in [0.15, 0.2) is 0 Å². The summed E-state index contributed by atoms with van der Waals surface area (Å²) in [6.45, 7) is 0. The summed E-state index contributed by atoms with van der Waals surface area (Å²) in [5.41, 5.74) is -1.35. The van der Waals surface area contributed by atoms with Gasteiger partial charge in [0.1, 0.15) is 6.10 Å². The minimum absolute atomic E-state index is 0.0225. The Hall–Kier alpha value is -1.30. The summed E-state index contributed by atoms with van der Waals surface area (Å²) in [6.07, 6.45) is -4.26. The molecule has 0 aliphatic heterocycles. The first-order chi connectivity index (χ1) is 9.32. The molecule has 0 radical (unpaired) electrons. The maximum absolute atomic E-state index is 12.9. The smallest absolute Gasteiger partial charge is 0.383 e. The first-order valence-corrected chi connectivity index (χ1v) is 6.21. The zero-order valence-electron chi connectivity index (χ0n) is 9.83. The highest BCUT2D eigenvalue weighted by Crippen LogP contribution is 2.39. The van der Waals surface area contributed by atoms with Crippen LogP contribution in [-0.2, 0) is 6.18 Å². The molecule has 7 heteroatoms. The van der Waals surface area contributed by atoms with Crippen molar-refractivity contribution in [3.05, 3.63) is 63.4 Å². The highest BCUT2D eigenvalue weighted by molar-refractivity contribution is 6.36. The van der Waals surface area contributed by atoms with E-state index in [9.17, 15) is 18.3 Å². The maximum atomic E-state index is 12.9. The summed E-state index contributed by atoms with van der Waals surface area (Å²) in [7, 11) is 0. The van der Waals surface area contributed by atoms with Crippen LogP contribution in [-0.4, -0.2) is 10.1 Å². The first kappa shape index (κ1) is 15.1. The number of hydrogen-bond acceptors (Lipinski definition) is 2. The minimum atomic E-state index is -4.60. The molecule has 0 bridgehead atoms. The van der Waals surface area contributed by atoms with Gasteiger partial charge in [-0.25, -0.2) is 0 Å². The lowest BCUT2D eigenvalue weighted by atomic mass is 9.98. The number of pyridine rings is 1. The number of aliphatic hydroxyl groups excluding tert-OH is 1. The van der Waals surface area contributed by atoms with Gasteiger partial charge < -0.3 is 5.11 Å². The number of nitrogens with zero attached hydrogens (tertiary/aromatic N) is 1. The molecule has 0 amide bonds. The lowest BCUT2D eigenvalue weighted by Crippen LogP contribution is -2.13. The standard InChI is InChI=1S/C13H8Cl2F3NO/c14-9-2-1-3-10(15)11(9)12(20)7-6-19-5-4-8(7)13(16,17)18/h1-6,12,20H. The van der Waals surface area contributed by atoms with Gasteiger partial charge in [-0.15, -0.1) is 0 Å². The molecule has 106 valence electrons. The molecule has 1 heterocycles. The molecular weight excluding hydrogens is 314 g/mol. The highest BCUT2D eigenvalue weighted by Gasteiger charge is 2.36. The van der Waals surface area contributed by atoms with E-state index >= 15 is 0 Å². The van der Waals surface area contributed by atoms with Gasteiger partial charge in [0.25, 0.3) is 0 Å². The van der Waals surface area contributed by atoms with Gasteiger partial charge in [0.05, 0.1) is 5.56 Å². The summed E-state index contributed by atoms with van der Waals surface area (Å²) in [4.78, 5) is 3.62. The van der Waals surface area contributed by atoms with Crippen molar-refractivity contribution in [1.29, 1.82) is 0 Å². The zero-order chi connectivity index (χ0) is 14.9. The molecular formula is C13H8Cl2F3NO. The van der Waals surface area contributed by atoms with Crippen LogP contribution in [0, 0.1) is 0 Å². The number of halogens is 5. The van der Waals surface area contributed by atoms with Gasteiger partial charge in [-0.2, -0.15) is 13.2 Å². The van der Waals surface area contributed by atoms with E-state index in [-0.39, 0.29) is 15.6 Å². The molecule has 1 N–H and O–H groups in total. The molecule has 1 aromatic carbocycles. The summed E-state index contributed by atoms with van der Waals surface area (Å²) in [6, 6.07) is 5.21. The largest absolute Gasteiger partial charge is 0.416 e. The lowest BCUT2D eigenvalue weighted by Gasteiger charge is -2.19. The molecule has 0 aliphatic rings. The third kappa shape index (κ3) is 2.90. The molecule has 2 nitrogen and oxygen atoms in total. The molecule has 0 saturated heterocycles. The Morgan fingerprint density at radius 3 is 2.25 bits per heavy atom. The van der Waals surface area contributed by atoms with Crippen LogP contribution in [0.4, 0.5) is 13.2 Å². The van der Waals surface area contributed by atoms with E-state index in [1.807, 2.05) is 0 Å². The van der Waals surface area contributed by atoms with Crippen molar-refractivity contribution in [2.75, 3.05) is 0 Å². The Morgan fingerprint density at radius 2 is 1.70 bits per heavy atom. The molecule has 1 aromatic heterocycles. The number of aliphatic hydroxyl groups is 1. The molecule has 0 saturated carbocycles. The average molecular weight is 322 g/mol. The van der Waals surface area contributed by atoms with E-state index in [4.69, 9.17) is 23.2 Å². The fourth-order valence-corrected chi connectivity index (χ4v) is 2.41. The summed E-state index contributed by atoms with van der Waals surface area (Å²) in [5.74, 6) is 0. The number of rotatable bonds is 2. The third-order valence-electron chi connectivity index (χ3n) is 2.73. The molecule has 1 unspecified atom stereocenters. The van der Waals surface area contributed by atoms with Gasteiger partial charge in [-0.3, -0.25) is 4.98 Å². The maximum Gasteiger partial charge on any atom is 0.416 e. The van der Waals surface area contributed by atoms with E-state index in [0.29, 0.717) is 0 Å². The van der Waals surface area contributed by atoms with Gasteiger partial charge in [-0.1, -0.05) is 29.3 Å². The zero-order valence-corrected chi connectivity index (χ0v) is 11.3. The Morgan fingerprint density at radius 1 is 1.10 bits per heavy atom. The van der Waals surface area contributed by atoms with Crippen LogP contribution in [0.15, 0.2) is 36.7 Å². The first-order valence-electron chi connectivity index (χ1n) is 5.45. The minimum Gasteiger partial charge on any atom is -0.383 e. The molecule has 1 atom stereocenters. The van der Waals surface area contributed by atoms with Crippen molar-refractivity contribution >= 4 is 23.2 Å². The molecule has 0 aliphatic carbocycles. The second-order valence-electron chi connectivity index (χ2n) is 4.00. The van der Waals surface area contributed by atoms with Crippen LogP contribution in [0.3, 0.4) is 0 Å².